The number of esters is 1. The molecule has 0 radical (unpaired) electrons. The molecule has 190 valence electrons. The second kappa shape index (κ2) is 9.07. The largest absolute Gasteiger partial charge is 0.456 e. The van der Waals surface area contributed by atoms with Crippen LogP contribution in [-0.4, -0.2) is 5.97 Å². The molecule has 0 fully saturated rings. The summed E-state index contributed by atoms with van der Waals surface area (Å²) in [6.45, 7) is 2.14. The molecule has 0 saturated carbocycles. The molecule has 5 nitrogen and oxygen atoms in total. The molecular formula is C34H26N2O3. The van der Waals surface area contributed by atoms with Crippen molar-refractivity contribution in [2.45, 2.75) is 18.9 Å². The zero-order valence-electron chi connectivity index (χ0n) is 21.4. The monoisotopic (exact) mass is 510 g/mol. The number of anilines is 4. The van der Waals surface area contributed by atoms with Crippen molar-refractivity contribution in [2.75, 3.05) is 10.6 Å². The first-order chi connectivity index (χ1) is 19.1. The molecule has 39 heavy (non-hydrogen) atoms. The van der Waals surface area contributed by atoms with Crippen LogP contribution in [-0.2, 0) is 16.8 Å². The van der Waals surface area contributed by atoms with E-state index in [1.54, 1.807) is 0 Å². The summed E-state index contributed by atoms with van der Waals surface area (Å²) >= 11 is 0. The molecule has 0 aliphatic carbocycles. The highest BCUT2D eigenvalue weighted by molar-refractivity contribution is 5.97. The van der Waals surface area contributed by atoms with Crippen molar-refractivity contribution in [1.29, 1.82) is 0 Å². The van der Waals surface area contributed by atoms with E-state index in [1.165, 1.54) is 5.56 Å². The van der Waals surface area contributed by atoms with Crippen molar-refractivity contribution in [3.8, 4) is 11.5 Å². The molecule has 7 rings (SSSR count). The second-order valence-corrected chi connectivity index (χ2v) is 9.81. The highest BCUT2D eigenvalue weighted by atomic mass is 16.6. The molecule has 2 aliphatic heterocycles. The third-order valence-electron chi connectivity index (χ3n) is 7.43. The van der Waals surface area contributed by atoms with Crippen molar-refractivity contribution in [3.05, 3.63) is 143 Å². The summed E-state index contributed by atoms with van der Waals surface area (Å²) < 4.78 is 12.8. The number of ether oxygens (including phenoxy) is 2. The van der Waals surface area contributed by atoms with E-state index in [4.69, 9.17) is 9.47 Å². The molecule has 0 aromatic heterocycles. The number of para-hydroxylation sites is 1. The van der Waals surface area contributed by atoms with Crippen LogP contribution < -0.4 is 15.4 Å². The maximum atomic E-state index is 13.2. The van der Waals surface area contributed by atoms with Crippen LogP contribution in [0.5, 0.6) is 11.5 Å². The van der Waals surface area contributed by atoms with Gasteiger partial charge in [0.15, 0.2) is 5.60 Å². The number of carbonyl (C=O) groups excluding carboxylic acids is 1. The van der Waals surface area contributed by atoms with Gasteiger partial charge in [0.2, 0.25) is 0 Å². The summed E-state index contributed by atoms with van der Waals surface area (Å²) in [5, 5.41) is 6.93. The Morgan fingerprint density at radius 2 is 1.28 bits per heavy atom. The van der Waals surface area contributed by atoms with Crippen LogP contribution >= 0.6 is 0 Å². The lowest BCUT2D eigenvalue weighted by atomic mass is 9.77. The molecule has 0 bridgehead atoms. The normalized spacial score (nSPS) is 16.5. The summed E-state index contributed by atoms with van der Waals surface area (Å²) in [7, 11) is 0. The summed E-state index contributed by atoms with van der Waals surface area (Å²) in [6, 6.07) is 37.9. The van der Waals surface area contributed by atoms with Gasteiger partial charge in [-0.2, -0.15) is 0 Å². The maximum absolute atomic E-state index is 13.2. The van der Waals surface area contributed by atoms with Gasteiger partial charge >= 0.3 is 5.97 Å². The van der Waals surface area contributed by atoms with Gasteiger partial charge in [-0.15, -0.1) is 0 Å². The van der Waals surface area contributed by atoms with Crippen molar-refractivity contribution < 1.29 is 14.3 Å². The average Bonchev–Trinajstić information content (AvgIpc) is 3.27. The van der Waals surface area contributed by atoms with Crippen molar-refractivity contribution in [2.24, 2.45) is 0 Å². The van der Waals surface area contributed by atoms with Crippen molar-refractivity contribution in [3.63, 3.8) is 0 Å². The highest BCUT2D eigenvalue weighted by Gasteiger charge is 2.53. The third-order valence-corrected chi connectivity index (χ3v) is 7.43. The van der Waals surface area contributed by atoms with Gasteiger partial charge in [-0.3, -0.25) is 0 Å². The molecule has 0 amide bonds. The predicted molar refractivity (Wildman–Crippen MR) is 154 cm³/mol. The van der Waals surface area contributed by atoms with Gasteiger partial charge in [0, 0.05) is 45.5 Å². The topological polar surface area (TPSA) is 59.6 Å². The molecule has 2 heterocycles. The Bertz CT molecular complexity index is 1710. The number of carbonyl (C=O) groups is 1. The van der Waals surface area contributed by atoms with Crippen LogP contribution in [0.2, 0.25) is 0 Å². The fourth-order valence-electron chi connectivity index (χ4n) is 5.51. The number of rotatable bonds is 5. The first-order valence-corrected chi connectivity index (χ1v) is 13.1. The quantitative estimate of drug-likeness (QED) is 0.233. The average molecular weight is 511 g/mol. The molecule has 2 N–H and O–H groups in total. The third kappa shape index (κ3) is 3.82. The van der Waals surface area contributed by atoms with Crippen LogP contribution in [0.15, 0.2) is 115 Å². The minimum Gasteiger partial charge on any atom is -0.456 e. The summed E-state index contributed by atoms with van der Waals surface area (Å²) in [5.41, 5.74) is 6.84. The van der Waals surface area contributed by atoms with E-state index in [1.807, 2.05) is 91.0 Å². The van der Waals surface area contributed by atoms with Gasteiger partial charge in [-0.25, -0.2) is 4.79 Å². The van der Waals surface area contributed by atoms with Gasteiger partial charge in [-0.1, -0.05) is 55.5 Å². The summed E-state index contributed by atoms with van der Waals surface area (Å²) in [5.74, 6) is 0.948. The minimum absolute atomic E-state index is 0.343. The lowest BCUT2D eigenvalue weighted by Gasteiger charge is -2.37. The maximum Gasteiger partial charge on any atom is 0.340 e. The van der Waals surface area contributed by atoms with E-state index in [0.717, 1.165) is 45.9 Å². The van der Waals surface area contributed by atoms with Crippen molar-refractivity contribution >= 4 is 28.7 Å². The minimum atomic E-state index is -1.12. The Morgan fingerprint density at radius 3 is 2.08 bits per heavy atom. The van der Waals surface area contributed by atoms with Crippen LogP contribution in [0, 0.1) is 0 Å². The van der Waals surface area contributed by atoms with Gasteiger partial charge < -0.3 is 20.1 Å². The first-order valence-electron chi connectivity index (χ1n) is 13.1. The number of fused-ring (bicyclic) bond motifs is 6. The van der Waals surface area contributed by atoms with E-state index in [-0.39, 0.29) is 5.97 Å². The Morgan fingerprint density at radius 1 is 0.615 bits per heavy atom. The number of aryl methyl sites for hydroxylation is 1. The Hall–Kier alpha value is -5.03. The van der Waals surface area contributed by atoms with E-state index in [2.05, 4.69) is 41.8 Å². The number of nitrogens with one attached hydrogen (secondary N) is 2. The van der Waals surface area contributed by atoms with Gasteiger partial charge in [0.1, 0.15) is 11.5 Å². The Labute approximate surface area is 227 Å². The van der Waals surface area contributed by atoms with Crippen LogP contribution in [0.3, 0.4) is 0 Å². The molecular weight excluding hydrogens is 484 g/mol. The van der Waals surface area contributed by atoms with Crippen LogP contribution in [0.1, 0.15) is 39.5 Å². The first kappa shape index (κ1) is 23.1. The van der Waals surface area contributed by atoms with Crippen LogP contribution in [0.25, 0.3) is 0 Å². The lowest BCUT2D eigenvalue weighted by molar-refractivity contribution is 0.0224. The van der Waals surface area contributed by atoms with Gasteiger partial charge in [-0.05, 0) is 72.6 Å². The van der Waals surface area contributed by atoms with Crippen molar-refractivity contribution in [1.82, 2.24) is 0 Å². The molecule has 5 aromatic carbocycles. The van der Waals surface area contributed by atoms with E-state index in [0.29, 0.717) is 17.1 Å². The standard InChI is InChI=1S/C34H26N2O3/c1-2-22-12-14-24(15-13-22)36-25-17-19-31-30(20-25)34(28-11-7-6-10-27(28)33(37)39-34)29-18-16-26(21-32(29)38-31)35-23-8-4-3-5-9-23/h3-21,35-36H,2H2,1H3. The number of hydrogen-bond donors (Lipinski definition) is 2. The summed E-state index contributed by atoms with van der Waals surface area (Å²) in [4.78, 5) is 13.2. The van der Waals surface area contributed by atoms with E-state index < -0.39 is 5.60 Å². The molecule has 1 atom stereocenters. The smallest absolute Gasteiger partial charge is 0.340 e. The van der Waals surface area contributed by atoms with Gasteiger partial charge in [0.05, 0.1) is 5.56 Å². The lowest BCUT2D eigenvalue weighted by Crippen LogP contribution is -2.33. The van der Waals surface area contributed by atoms with E-state index in [9.17, 15) is 4.79 Å². The molecule has 5 aromatic rings. The molecule has 2 aliphatic rings. The molecule has 1 spiro atoms. The Kier molecular flexibility index (Phi) is 5.37. The predicted octanol–water partition coefficient (Wildman–Crippen LogP) is 8.30. The van der Waals surface area contributed by atoms with Gasteiger partial charge in [0.25, 0.3) is 0 Å². The zero-order valence-corrected chi connectivity index (χ0v) is 21.4. The SMILES string of the molecule is CCc1ccc(Nc2ccc3c(c2)C2(OC(=O)c4ccccc42)c2ccc(Nc4ccccc4)cc2O3)cc1. The molecule has 1 unspecified atom stereocenters. The molecule has 0 saturated heterocycles. The fraction of sp³-hybridized carbons (Fsp3) is 0.0882. The van der Waals surface area contributed by atoms with Crippen LogP contribution in [0.4, 0.5) is 22.7 Å². The number of hydrogen-bond acceptors (Lipinski definition) is 5. The summed E-state index contributed by atoms with van der Waals surface area (Å²) in [6.07, 6.45) is 0.992. The van der Waals surface area contributed by atoms with E-state index >= 15 is 0 Å². The zero-order chi connectivity index (χ0) is 26.4. The second-order valence-electron chi connectivity index (χ2n) is 9.81. The fourth-order valence-corrected chi connectivity index (χ4v) is 5.51. The number of benzene rings is 5. The highest BCUT2D eigenvalue weighted by Crippen LogP contribution is 2.57. The molecule has 5 heteroatoms. The Balaban J connectivity index is 1.35.